The van der Waals surface area contributed by atoms with Gasteiger partial charge in [0.25, 0.3) is 0 Å². The Kier molecular flexibility index (Phi) is 4.03. The van der Waals surface area contributed by atoms with Gasteiger partial charge in [0.05, 0.1) is 0 Å². The molecule has 0 spiro atoms. The number of hydrogen-bond acceptors (Lipinski definition) is 2. The van der Waals surface area contributed by atoms with Crippen LogP contribution in [0.25, 0.3) is 0 Å². The Balaban J connectivity index is 3.50. The first-order valence-electron chi connectivity index (χ1n) is 2.92. The van der Waals surface area contributed by atoms with E-state index in [1.165, 1.54) is 4.90 Å². The summed E-state index contributed by atoms with van der Waals surface area (Å²) in [6.07, 6.45) is 0.327. The number of hydrogen-bond donors (Lipinski definition) is 0. The van der Waals surface area contributed by atoms with Gasteiger partial charge in [0.2, 0.25) is 11.1 Å². The summed E-state index contributed by atoms with van der Waals surface area (Å²) in [6, 6.07) is 0. The van der Waals surface area contributed by atoms with E-state index in [4.69, 9.17) is 11.6 Å². The van der Waals surface area contributed by atoms with E-state index < -0.39 is 5.24 Å². The van der Waals surface area contributed by atoms with Crippen LogP contribution in [0.1, 0.15) is 12.8 Å². The Morgan fingerprint density at radius 3 is 2.10 bits per heavy atom. The van der Waals surface area contributed by atoms with Crippen molar-refractivity contribution in [2.45, 2.75) is 12.8 Å². The van der Waals surface area contributed by atoms with E-state index in [2.05, 4.69) is 0 Å². The van der Waals surface area contributed by atoms with E-state index in [0.717, 1.165) is 0 Å². The zero-order chi connectivity index (χ0) is 8.15. The minimum atomic E-state index is -0.463. The van der Waals surface area contributed by atoms with Gasteiger partial charge in [-0.2, -0.15) is 0 Å². The Morgan fingerprint density at radius 1 is 1.30 bits per heavy atom. The van der Waals surface area contributed by atoms with Gasteiger partial charge in [-0.1, -0.05) is 0 Å². The number of carbonyl (C=O) groups excluding carboxylic acids is 2. The van der Waals surface area contributed by atoms with Crippen LogP contribution in [0.5, 0.6) is 0 Å². The van der Waals surface area contributed by atoms with Gasteiger partial charge >= 0.3 is 0 Å². The third-order valence-electron chi connectivity index (χ3n) is 1.03. The predicted molar refractivity (Wildman–Crippen MR) is 38.8 cm³/mol. The van der Waals surface area contributed by atoms with E-state index in [9.17, 15) is 9.59 Å². The fourth-order valence-electron chi connectivity index (χ4n) is 0.429. The lowest BCUT2D eigenvalue weighted by Gasteiger charge is -2.07. The maximum absolute atomic E-state index is 10.8. The largest absolute Gasteiger partial charge is 0.349 e. The van der Waals surface area contributed by atoms with Gasteiger partial charge in [-0.05, 0) is 11.6 Å². The SMILES string of the molecule is CN(C)C(=O)CCC(=O)Cl. The molecule has 0 heterocycles. The van der Waals surface area contributed by atoms with Crippen molar-refractivity contribution >= 4 is 22.8 Å². The first-order chi connectivity index (χ1) is 4.54. The first kappa shape index (κ1) is 9.43. The average Bonchev–Trinajstić information content (AvgIpc) is 1.82. The normalized spacial score (nSPS) is 9.10. The van der Waals surface area contributed by atoms with Gasteiger partial charge in [0.15, 0.2) is 0 Å². The summed E-state index contributed by atoms with van der Waals surface area (Å²) in [4.78, 5) is 22.4. The summed E-state index contributed by atoms with van der Waals surface area (Å²) in [6.45, 7) is 0. The summed E-state index contributed by atoms with van der Waals surface area (Å²) >= 11 is 5.02. The Bertz CT molecular complexity index is 145. The standard InChI is InChI=1S/C6H10ClNO2/c1-8(2)6(10)4-3-5(7)9/h3-4H2,1-2H3. The lowest BCUT2D eigenvalue weighted by molar-refractivity contribution is -0.130. The minimum absolute atomic E-state index is 0.0750. The molecule has 0 unspecified atom stereocenters. The van der Waals surface area contributed by atoms with Crippen molar-refractivity contribution in [3.63, 3.8) is 0 Å². The highest BCUT2D eigenvalue weighted by Gasteiger charge is 2.05. The molecular formula is C6H10ClNO2. The molecule has 58 valence electrons. The van der Waals surface area contributed by atoms with Crippen molar-refractivity contribution in [2.24, 2.45) is 0 Å². The van der Waals surface area contributed by atoms with Crippen LogP contribution in [0.2, 0.25) is 0 Å². The number of carbonyl (C=O) groups is 2. The van der Waals surface area contributed by atoms with Crippen molar-refractivity contribution in [1.82, 2.24) is 4.90 Å². The second-order valence-electron chi connectivity index (χ2n) is 2.14. The summed E-state index contributed by atoms with van der Waals surface area (Å²) < 4.78 is 0. The zero-order valence-electron chi connectivity index (χ0n) is 6.06. The monoisotopic (exact) mass is 163 g/mol. The molecule has 0 N–H and O–H groups in total. The summed E-state index contributed by atoms with van der Waals surface area (Å²) in [5.41, 5.74) is 0. The van der Waals surface area contributed by atoms with E-state index in [0.29, 0.717) is 0 Å². The molecule has 0 aliphatic carbocycles. The van der Waals surface area contributed by atoms with E-state index >= 15 is 0 Å². The van der Waals surface area contributed by atoms with Crippen LogP contribution in [-0.2, 0) is 9.59 Å². The third-order valence-corrected chi connectivity index (χ3v) is 1.22. The molecule has 0 aromatic heterocycles. The van der Waals surface area contributed by atoms with Crippen molar-refractivity contribution in [3.8, 4) is 0 Å². The van der Waals surface area contributed by atoms with E-state index in [1.807, 2.05) is 0 Å². The molecule has 0 aliphatic rings. The van der Waals surface area contributed by atoms with E-state index in [-0.39, 0.29) is 18.7 Å². The molecule has 3 nitrogen and oxygen atoms in total. The molecule has 0 aromatic carbocycles. The summed E-state index contributed by atoms with van der Waals surface area (Å²) in [5, 5.41) is -0.463. The highest BCUT2D eigenvalue weighted by atomic mass is 35.5. The molecule has 0 aliphatic heterocycles. The number of nitrogens with zero attached hydrogens (tertiary/aromatic N) is 1. The average molecular weight is 164 g/mol. The Morgan fingerprint density at radius 2 is 1.80 bits per heavy atom. The van der Waals surface area contributed by atoms with Crippen LogP contribution in [0, 0.1) is 0 Å². The maximum Gasteiger partial charge on any atom is 0.222 e. The predicted octanol–water partition coefficient (Wildman–Crippen LogP) is 0.620. The Hall–Kier alpha value is -0.570. The van der Waals surface area contributed by atoms with Crippen molar-refractivity contribution in [3.05, 3.63) is 0 Å². The lowest BCUT2D eigenvalue weighted by atomic mass is 10.3. The molecular weight excluding hydrogens is 154 g/mol. The van der Waals surface area contributed by atoms with Gasteiger partial charge in [0, 0.05) is 26.9 Å². The topological polar surface area (TPSA) is 37.4 Å². The lowest BCUT2D eigenvalue weighted by Crippen LogP contribution is -2.21. The molecule has 0 aromatic rings. The molecule has 10 heavy (non-hydrogen) atoms. The quantitative estimate of drug-likeness (QED) is 0.572. The Labute approximate surface area is 65.0 Å². The minimum Gasteiger partial charge on any atom is -0.349 e. The number of amides is 1. The zero-order valence-corrected chi connectivity index (χ0v) is 6.81. The summed E-state index contributed by atoms with van der Waals surface area (Å²) in [5.74, 6) is -0.0750. The van der Waals surface area contributed by atoms with Crippen molar-refractivity contribution in [2.75, 3.05) is 14.1 Å². The first-order valence-corrected chi connectivity index (χ1v) is 3.30. The molecule has 0 bridgehead atoms. The fourth-order valence-corrected chi connectivity index (χ4v) is 0.523. The van der Waals surface area contributed by atoms with Gasteiger partial charge in [-0.25, -0.2) is 0 Å². The van der Waals surface area contributed by atoms with Crippen LogP contribution >= 0.6 is 11.6 Å². The van der Waals surface area contributed by atoms with Crippen LogP contribution in [-0.4, -0.2) is 30.1 Å². The second kappa shape index (κ2) is 4.28. The van der Waals surface area contributed by atoms with Gasteiger partial charge < -0.3 is 4.90 Å². The number of halogens is 1. The van der Waals surface area contributed by atoms with Crippen LogP contribution in [0.3, 0.4) is 0 Å². The van der Waals surface area contributed by atoms with Crippen molar-refractivity contribution in [1.29, 1.82) is 0 Å². The fraction of sp³-hybridized carbons (Fsp3) is 0.667. The molecule has 0 saturated carbocycles. The molecule has 0 fully saturated rings. The number of rotatable bonds is 3. The third kappa shape index (κ3) is 4.32. The van der Waals surface area contributed by atoms with E-state index in [1.54, 1.807) is 14.1 Å². The van der Waals surface area contributed by atoms with Crippen molar-refractivity contribution < 1.29 is 9.59 Å². The van der Waals surface area contributed by atoms with Gasteiger partial charge in [0.1, 0.15) is 0 Å². The highest BCUT2D eigenvalue weighted by molar-refractivity contribution is 6.63. The smallest absolute Gasteiger partial charge is 0.222 e. The van der Waals surface area contributed by atoms with Crippen LogP contribution < -0.4 is 0 Å². The molecule has 0 saturated heterocycles. The van der Waals surface area contributed by atoms with Gasteiger partial charge in [-0.3, -0.25) is 9.59 Å². The second-order valence-corrected chi connectivity index (χ2v) is 2.56. The molecule has 4 heteroatoms. The molecule has 1 amide bonds. The highest BCUT2D eigenvalue weighted by Crippen LogP contribution is 1.96. The molecule has 0 radical (unpaired) electrons. The van der Waals surface area contributed by atoms with Crippen LogP contribution in [0.15, 0.2) is 0 Å². The molecule has 0 rings (SSSR count). The molecule has 0 atom stereocenters. The van der Waals surface area contributed by atoms with Crippen LogP contribution in [0.4, 0.5) is 0 Å². The summed E-state index contributed by atoms with van der Waals surface area (Å²) in [7, 11) is 3.28. The van der Waals surface area contributed by atoms with Gasteiger partial charge in [-0.15, -0.1) is 0 Å². The maximum atomic E-state index is 10.8.